The van der Waals surface area contributed by atoms with Gasteiger partial charge in [-0.05, 0) is 31.9 Å². The third-order valence-electron chi connectivity index (χ3n) is 3.46. The van der Waals surface area contributed by atoms with E-state index < -0.39 is 0 Å². The van der Waals surface area contributed by atoms with Gasteiger partial charge in [-0.2, -0.15) is 11.8 Å². The summed E-state index contributed by atoms with van der Waals surface area (Å²) in [5.41, 5.74) is 0.00938. The van der Waals surface area contributed by atoms with Crippen LogP contribution in [0.1, 0.15) is 26.2 Å². The molecule has 2 fully saturated rings. The minimum Gasteiger partial charge on any atom is -0.374 e. The van der Waals surface area contributed by atoms with Gasteiger partial charge >= 0.3 is 0 Å². The summed E-state index contributed by atoms with van der Waals surface area (Å²) in [6, 6.07) is 0. The summed E-state index contributed by atoms with van der Waals surface area (Å²) in [5, 5.41) is 0. The Morgan fingerprint density at radius 1 is 1.62 bits per heavy atom. The van der Waals surface area contributed by atoms with Crippen LogP contribution in [0.3, 0.4) is 0 Å². The predicted octanol–water partition coefficient (Wildman–Crippen LogP) is 1.89. The zero-order valence-corrected chi connectivity index (χ0v) is 10.7. The van der Waals surface area contributed by atoms with Crippen molar-refractivity contribution < 1.29 is 14.3 Å². The van der Waals surface area contributed by atoms with Gasteiger partial charge in [0.2, 0.25) is 0 Å². The Bertz CT molecular complexity index is 249. The van der Waals surface area contributed by atoms with E-state index in [0.717, 1.165) is 31.6 Å². The van der Waals surface area contributed by atoms with Gasteiger partial charge in [0, 0.05) is 24.9 Å². The van der Waals surface area contributed by atoms with Gasteiger partial charge in [-0.3, -0.25) is 4.79 Å². The van der Waals surface area contributed by atoms with Crippen molar-refractivity contribution in [2.75, 3.05) is 31.3 Å². The van der Waals surface area contributed by atoms with E-state index in [1.165, 1.54) is 5.75 Å². The largest absolute Gasteiger partial charge is 0.374 e. The maximum atomic E-state index is 11.9. The number of thioether (sulfide) groups is 1. The van der Waals surface area contributed by atoms with Gasteiger partial charge in [0.15, 0.2) is 5.78 Å². The van der Waals surface area contributed by atoms with E-state index >= 15 is 0 Å². The number of hydrogen-bond donors (Lipinski definition) is 0. The Kier molecular flexibility index (Phi) is 4.27. The molecule has 0 aromatic heterocycles. The van der Waals surface area contributed by atoms with Crippen molar-refractivity contribution in [2.45, 2.75) is 31.8 Å². The lowest BCUT2D eigenvalue weighted by Crippen LogP contribution is -2.42. The lowest BCUT2D eigenvalue weighted by atomic mass is 9.83. The van der Waals surface area contributed by atoms with Crippen molar-refractivity contribution in [3.63, 3.8) is 0 Å². The van der Waals surface area contributed by atoms with E-state index in [9.17, 15) is 4.79 Å². The number of rotatable bonds is 4. The molecule has 2 rings (SSSR count). The van der Waals surface area contributed by atoms with Crippen LogP contribution in [0.4, 0.5) is 0 Å². The molecule has 16 heavy (non-hydrogen) atoms. The van der Waals surface area contributed by atoms with Gasteiger partial charge < -0.3 is 9.47 Å². The second kappa shape index (κ2) is 5.52. The highest BCUT2D eigenvalue weighted by atomic mass is 32.2. The molecule has 1 spiro atoms. The fourth-order valence-electron chi connectivity index (χ4n) is 2.49. The van der Waals surface area contributed by atoms with Crippen LogP contribution >= 0.6 is 11.8 Å². The maximum absolute atomic E-state index is 11.9. The fraction of sp³-hybridized carbons (Fsp3) is 0.917. The summed E-state index contributed by atoms with van der Waals surface area (Å²) < 4.78 is 11.1. The molecular weight excluding hydrogens is 224 g/mol. The van der Waals surface area contributed by atoms with Gasteiger partial charge in [0.1, 0.15) is 6.61 Å². The van der Waals surface area contributed by atoms with Crippen molar-refractivity contribution in [2.24, 2.45) is 5.92 Å². The molecule has 2 aliphatic heterocycles. The summed E-state index contributed by atoms with van der Waals surface area (Å²) in [4.78, 5) is 11.9. The summed E-state index contributed by atoms with van der Waals surface area (Å²) in [6.07, 6.45) is 2.89. The quantitative estimate of drug-likeness (QED) is 0.756. The van der Waals surface area contributed by atoms with Crippen molar-refractivity contribution in [3.05, 3.63) is 0 Å². The third kappa shape index (κ3) is 2.79. The summed E-state index contributed by atoms with van der Waals surface area (Å²) in [6.45, 7) is 3.57. The van der Waals surface area contributed by atoms with Gasteiger partial charge in [0.05, 0.1) is 5.60 Å². The number of carbonyl (C=O) groups is 1. The Hall–Kier alpha value is -0.0600. The summed E-state index contributed by atoms with van der Waals surface area (Å²) in [7, 11) is 0. The first-order valence-electron chi connectivity index (χ1n) is 6.08. The van der Waals surface area contributed by atoms with Crippen molar-refractivity contribution in [1.29, 1.82) is 0 Å². The van der Waals surface area contributed by atoms with E-state index in [4.69, 9.17) is 9.47 Å². The van der Waals surface area contributed by atoms with Crippen LogP contribution in [0.25, 0.3) is 0 Å². The zero-order valence-electron chi connectivity index (χ0n) is 9.87. The number of ether oxygens (including phenoxy) is 2. The van der Waals surface area contributed by atoms with E-state index in [1.807, 2.05) is 18.7 Å². The van der Waals surface area contributed by atoms with Crippen LogP contribution in [0.5, 0.6) is 0 Å². The molecule has 2 heterocycles. The Morgan fingerprint density at radius 2 is 2.50 bits per heavy atom. The molecule has 0 N–H and O–H groups in total. The van der Waals surface area contributed by atoms with Crippen LogP contribution in [0, 0.1) is 5.92 Å². The predicted molar refractivity (Wildman–Crippen MR) is 64.8 cm³/mol. The van der Waals surface area contributed by atoms with Crippen molar-refractivity contribution in [1.82, 2.24) is 0 Å². The monoisotopic (exact) mass is 244 g/mol. The molecule has 0 amide bonds. The Balaban J connectivity index is 1.88. The Morgan fingerprint density at radius 3 is 3.19 bits per heavy atom. The molecule has 0 aromatic rings. The lowest BCUT2D eigenvalue weighted by Gasteiger charge is -2.37. The molecule has 3 nitrogen and oxygen atoms in total. The molecule has 92 valence electrons. The highest BCUT2D eigenvalue weighted by Gasteiger charge is 2.42. The molecule has 2 aliphatic rings. The van der Waals surface area contributed by atoms with Crippen LogP contribution in [0.2, 0.25) is 0 Å². The molecule has 4 heteroatoms. The second-order valence-corrected chi connectivity index (χ2v) is 5.73. The molecule has 2 atom stereocenters. The minimum atomic E-state index is 0.00938. The number of carbonyl (C=O) groups excluding carboxylic acids is 1. The van der Waals surface area contributed by atoms with Crippen LogP contribution < -0.4 is 0 Å². The van der Waals surface area contributed by atoms with E-state index in [2.05, 4.69) is 0 Å². The normalized spacial score (nSPS) is 34.4. The molecule has 0 saturated carbocycles. The van der Waals surface area contributed by atoms with Gasteiger partial charge in [-0.25, -0.2) is 0 Å². The van der Waals surface area contributed by atoms with Crippen molar-refractivity contribution >= 4 is 17.5 Å². The molecule has 0 bridgehead atoms. The molecule has 2 unspecified atom stereocenters. The highest BCUT2D eigenvalue weighted by molar-refractivity contribution is 7.99. The van der Waals surface area contributed by atoms with Gasteiger partial charge in [-0.1, -0.05) is 0 Å². The molecule has 0 aliphatic carbocycles. The molecule has 0 radical (unpaired) electrons. The maximum Gasteiger partial charge on any atom is 0.161 e. The van der Waals surface area contributed by atoms with E-state index in [0.29, 0.717) is 6.61 Å². The van der Waals surface area contributed by atoms with E-state index in [1.54, 1.807) is 0 Å². The SMILES string of the molecule is CCOCC(=O)C1CCOC2(CCSC2)C1. The average molecular weight is 244 g/mol. The van der Waals surface area contributed by atoms with E-state index in [-0.39, 0.29) is 23.9 Å². The van der Waals surface area contributed by atoms with Crippen LogP contribution in [-0.2, 0) is 14.3 Å². The highest BCUT2D eigenvalue weighted by Crippen LogP contribution is 2.40. The minimum absolute atomic E-state index is 0.00938. The topological polar surface area (TPSA) is 35.5 Å². The lowest BCUT2D eigenvalue weighted by molar-refractivity contribution is -0.138. The average Bonchev–Trinajstić information content (AvgIpc) is 2.74. The van der Waals surface area contributed by atoms with Gasteiger partial charge in [-0.15, -0.1) is 0 Å². The van der Waals surface area contributed by atoms with Crippen LogP contribution in [-0.4, -0.2) is 42.7 Å². The zero-order chi connectivity index (χ0) is 11.4. The van der Waals surface area contributed by atoms with Crippen molar-refractivity contribution in [3.8, 4) is 0 Å². The number of Topliss-reactive ketones (excluding diaryl/α,β-unsaturated/α-hetero) is 1. The fourth-order valence-corrected chi connectivity index (χ4v) is 3.86. The molecule has 0 aromatic carbocycles. The first kappa shape index (κ1) is 12.4. The standard InChI is InChI=1S/C12H20O3S/c1-2-14-8-11(13)10-3-5-15-12(7-10)4-6-16-9-12/h10H,2-9H2,1H3. The first-order valence-corrected chi connectivity index (χ1v) is 7.23. The van der Waals surface area contributed by atoms with Crippen LogP contribution in [0.15, 0.2) is 0 Å². The molecule has 2 saturated heterocycles. The summed E-state index contributed by atoms with van der Waals surface area (Å²) >= 11 is 1.94. The first-order chi connectivity index (χ1) is 7.76. The molecular formula is C12H20O3S. The second-order valence-electron chi connectivity index (χ2n) is 4.63. The number of ketones is 1. The summed E-state index contributed by atoms with van der Waals surface area (Å²) in [5.74, 6) is 2.66. The third-order valence-corrected chi connectivity index (χ3v) is 4.69. The van der Waals surface area contributed by atoms with Gasteiger partial charge in [0.25, 0.3) is 0 Å². The smallest absolute Gasteiger partial charge is 0.161 e. The Labute approximate surface area is 101 Å². The number of hydrogen-bond acceptors (Lipinski definition) is 4.